The number of aromatic carboxylic acids is 1. The van der Waals surface area contributed by atoms with Gasteiger partial charge in [-0.05, 0) is 12.1 Å². The van der Waals surface area contributed by atoms with Crippen LogP contribution in [0, 0.1) is 0 Å². The molecule has 1 aromatic carbocycles. The molecule has 1 aromatic heterocycles. The second-order valence-corrected chi connectivity index (χ2v) is 3.41. The molecule has 17 heavy (non-hydrogen) atoms. The van der Waals surface area contributed by atoms with E-state index in [4.69, 9.17) is 0 Å². The molecular formula is C10H6F3N2O2-. The third kappa shape index (κ3) is 2.22. The van der Waals surface area contributed by atoms with Crippen LogP contribution in [0.15, 0.2) is 24.3 Å². The summed E-state index contributed by atoms with van der Waals surface area (Å²) >= 11 is 0. The van der Waals surface area contributed by atoms with E-state index in [0.29, 0.717) is 4.57 Å². The molecule has 7 heteroatoms. The number of carboxylic acids is 1. The van der Waals surface area contributed by atoms with Gasteiger partial charge in [0.15, 0.2) is 5.82 Å². The zero-order chi connectivity index (χ0) is 12.6. The van der Waals surface area contributed by atoms with Crippen LogP contribution in [0.25, 0.3) is 11.0 Å². The summed E-state index contributed by atoms with van der Waals surface area (Å²) in [6, 6.07) is 5.89. The molecule has 0 saturated carbocycles. The van der Waals surface area contributed by atoms with Crippen LogP contribution in [0.4, 0.5) is 13.2 Å². The van der Waals surface area contributed by atoms with Gasteiger partial charge in [-0.15, -0.1) is 0 Å². The Bertz CT molecular complexity index is 574. The number of nitrogens with zero attached hydrogens (tertiary/aromatic N) is 2. The second-order valence-electron chi connectivity index (χ2n) is 3.41. The standard InChI is InChI=1S/C10H7F3N2O2/c11-10(12,13)5-15-7-4-2-1-3-6(7)14-8(15)9(16)17/h1-4H,5H2,(H,16,17)/p-1. The summed E-state index contributed by atoms with van der Waals surface area (Å²) in [6.45, 7) is -1.41. The number of para-hydroxylation sites is 2. The van der Waals surface area contributed by atoms with Crippen LogP contribution in [-0.2, 0) is 6.54 Å². The van der Waals surface area contributed by atoms with Crippen molar-refractivity contribution in [2.24, 2.45) is 0 Å². The van der Waals surface area contributed by atoms with Crippen molar-refractivity contribution in [1.82, 2.24) is 9.55 Å². The minimum absolute atomic E-state index is 0.115. The van der Waals surface area contributed by atoms with Crippen molar-refractivity contribution in [3.8, 4) is 0 Å². The molecule has 0 radical (unpaired) electrons. The van der Waals surface area contributed by atoms with Crippen LogP contribution in [0.1, 0.15) is 10.6 Å². The minimum atomic E-state index is -4.52. The smallest absolute Gasteiger partial charge is 0.406 e. The van der Waals surface area contributed by atoms with Gasteiger partial charge in [0, 0.05) is 0 Å². The van der Waals surface area contributed by atoms with E-state index in [1.165, 1.54) is 18.2 Å². The SMILES string of the molecule is O=C([O-])c1nc2ccccc2n1CC(F)(F)F. The van der Waals surface area contributed by atoms with Gasteiger partial charge in [-0.2, -0.15) is 13.2 Å². The second kappa shape index (κ2) is 3.76. The quantitative estimate of drug-likeness (QED) is 0.789. The molecule has 0 amide bonds. The number of imidazole rings is 1. The Morgan fingerprint density at radius 3 is 2.59 bits per heavy atom. The molecule has 0 aliphatic carbocycles. The van der Waals surface area contributed by atoms with E-state index in [2.05, 4.69) is 4.98 Å². The van der Waals surface area contributed by atoms with Crippen LogP contribution in [0.5, 0.6) is 0 Å². The number of fused-ring (bicyclic) bond motifs is 1. The van der Waals surface area contributed by atoms with Crippen molar-refractivity contribution in [2.75, 3.05) is 0 Å². The number of halogens is 3. The van der Waals surface area contributed by atoms with Crippen molar-refractivity contribution < 1.29 is 23.1 Å². The monoisotopic (exact) mass is 243 g/mol. The number of rotatable bonds is 2. The predicted molar refractivity (Wildman–Crippen MR) is 50.1 cm³/mol. The molecule has 1 heterocycles. The lowest BCUT2D eigenvalue weighted by atomic mass is 10.3. The molecule has 90 valence electrons. The average molecular weight is 243 g/mol. The number of aromatic nitrogens is 2. The van der Waals surface area contributed by atoms with Gasteiger partial charge in [0.25, 0.3) is 0 Å². The summed E-state index contributed by atoms with van der Waals surface area (Å²) in [5.41, 5.74) is 0.306. The third-order valence-electron chi connectivity index (χ3n) is 2.17. The number of benzene rings is 1. The van der Waals surface area contributed by atoms with Gasteiger partial charge in [0.2, 0.25) is 0 Å². The molecule has 0 aliphatic rings. The molecule has 0 spiro atoms. The Hall–Kier alpha value is -2.05. The molecule has 0 fully saturated rings. The Kier molecular flexibility index (Phi) is 2.53. The topological polar surface area (TPSA) is 57.9 Å². The van der Waals surface area contributed by atoms with Crippen LogP contribution >= 0.6 is 0 Å². The molecule has 0 atom stereocenters. The highest BCUT2D eigenvalue weighted by molar-refractivity contribution is 5.88. The largest absolute Gasteiger partial charge is 0.542 e. The van der Waals surface area contributed by atoms with Crippen LogP contribution < -0.4 is 5.11 Å². The van der Waals surface area contributed by atoms with Crippen LogP contribution in [0.2, 0.25) is 0 Å². The molecule has 0 saturated heterocycles. The summed E-state index contributed by atoms with van der Waals surface area (Å²) in [5, 5.41) is 10.7. The molecule has 0 bridgehead atoms. The van der Waals surface area contributed by atoms with Crippen LogP contribution in [0.3, 0.4) is 0 Å². The number of carbonyl (C=O) groups excluding carboxylic acids is 1. The lowest BCUT2D eigenvalue weighted by Gasteiger charge is -2.11. The van der Waals surface area contributed by atoms with Crippen molar-refractivity contribution >= 4 is 17.0 Å². The Balaban J connectivity index is 2.64. The number of carboxylic acid groups (broad SMARTS) is 1. The first-order valence-corrected chi connectivity index (χ1v) is 4.62. The molecule has 0 aliphatic heterocycles. The summed E-state index contributed by atoms with van der Waals surface area (Å²) in [6.07, 6.45) is -4.52. The average Bonchev–Trinajstić information content (AvgIpc) is 2.55. The van der Waals surface area contributed by atoms with Gasteiger partial charge in [-0.3, -0.25) is 0 Å². The van der Waals surface area contributed by atoms with Crippen molar-refractivity contribution in [3.63, 3.8) is 0 Å². The lowest BCUT2D eigenvalue weighted by molar-refractivity contribution is -0.256. The third-order valence-corrected chi connectivity index (χ3v) is 2.17. The van der Waals surface area contributed by atoms with Crippen LogP contribution in [-0.4, -0.2) is 21.7 Å². The number of alkyl halides is 3. The van der Waals surface area contributed by atoms with Crippen molar-refractivity contribution in [2.45, 2.75) is 12.7 Å². The summed E-state index contributed by atoms with van der Waals surface area (Å²) < 4.78 is 37.6. The molecule has 2 aromatic rings. The highest BCUT2D eigenvalue weighted by Gasteiger charge is 2.30. The first kappa shape index (κ1) is 11.4. The van der Waals surface area contributed by atoms with E-state index in [9.17, 15) is 23.1 Å². The summed E-state index contributed by atoms with van der Waals surface area (Å²) in [5.74, 6) is -2.45. The van der Waals surface area contributed by atoms with Gasteiger partial charge in [0.1, 0.15) is 12.5 Å². The predicted octanol–water partition coefficient (Wildman–Crippen LogP) is 0.962. The number of hydrogen-bond acceptors (Lipinski definition) is 3. The normalized spacial score (nSPS) is 11.9. The first-order valence-electron chi connectivity index (χ1n) is 4.62. The fraction of sp³-hybridized carbons (Fsp3) is 0.200. The van der Waals surface area contributed by atoms with Crippen molar-refractivity contribution in [3.05, 3.63) is 30.1 Å². The zero-order valence-corrected chi connectivity index (χ0v) is 8.36. The highest BCUT2D eigenvalue weighted by atomic mass is 19.4. The Morgan fingerprint density at radius 2 is 2.00 bits per heavy atom. The molecule has 2 rings (SSSR count). The minimum Gasteiger partial charge on any atom is -0.542 e. The van der Waals surface area contributed by atoms with Gasteiger partial charge in [-0.25, -0.2) is 4.98 Å². The van der Waals surface area contributed by atoms with E-state index < -0.39 is 24.5 Å². The molecule has 4 nitrogen and oxygen atoms in total. The fourth-order valence-corrected chi connectivity index (χ4v) is 1.57. The van der Waals surface area contributed by atoms with E-state index in [1.807, 2.05) is 0 Å². The van der Waals surface area contributed by atoms with Gasteiger partial charge in [0.05, 0.1) is 11.0 Å². The van der Waals surface area contributed by atoms with Gasteiger partial charge < -0.3 is 14.5 Å². The maximum Gasteiger partial charge on any atom is 0.406 e. The molecule has 0 unspecified atom stereocenters. The maximum atomic E-state index is 12.3. The van der Waals surface area contributed by atoms with Crippen molar-refractivity contribution in [1.29, 1.82) is 0 Å². The van der Waals surface area contributed by atoms with Gasteiger partial charge in [-0.1, -0.05) is 12.1 Å². The number of carbonyl (C=O) groups is 1. The zero-order valence-electron chi connectivity index (χ0n) is 8.36. The fourth-order valence-electron chi connectivity index (χ4n) is 1.57. The Labute approximate surface area is 93.3 Å². The summed E-state index contributed by atoms with van der Waals surface area (Å²) in [4.78, 5) is 14.3. The maximum absolute atomic E-state index is 12.3. The highest BCUT2D eigenvalue weighted by Crippen LogP contribution is 2.23. The summed E-state index contributed by atoms with van der Waals surface area (Å²) in [7, 11) is 0. The van der Waals surface area contributed by atoms with E-state index in [0.717, 1.165) is 0 Å². The van der Waals surface area contributed by atoms with E-state index in [1.54, 1.807) is 6.07 Å². The number of hydrogen-bond donors (Lipinski definition) is 0. The first-order chi connectivity index (χ1) is 7.88. The Morgan fingerprint density at radius 1 is 1.35 bits per heavy atom. The molecular weight excluding hydrogens is 237 g/mol. The lowest BCUT2D eigenvalue weighted by Crippen LogP contribution is -2.29. The van der Waals surface area contributed by atoms with Gasteiger partial charge >= 0.3 is 6.18 Å². The van der Waals surface area contributed by atoms with E-state index in [-0.39, 0.29) is 11.0 Å². The molecule has 0 N–H and O–H groups in total. The van der Waals surface area contributed by atoms with E-state index >= 15 is 0 Å².